The van der Waals surface area contributed by atoms with Gasteiger partial charge in [0, 0.05) is 45.2 Å². The minimum atomic E-state index is -2.32. The Hall–Kier alpha value is -4.84. The number of hydrogen-bond donors (Lipinski definition) is 27. The first-order chi connectivity index (χ1) is 53.0. The van der Waals surface area contributed by atoms with Gasteiger partial charge in [0.05, 0.1) is 76.9 Å². The summed E-state index contributed by atoms with van der Waals surface area (Å²) in [5, 5.41) is 234. The Bertz CT molecular complexity index is 3040. The van der Waals surface area contributed by atoms with E-state index >= 15 is 0 Å². The zero-order chi connectivity index (χ0) is 82.6. The summed E-state index contributed by atoms with van der Waals surface area (Å²) < 4.78 is 76.2. The molecule has 112 heavy (non-hydrogen) atoms. The van der Waals surface area contributed by atoms with Crippen LogP contribution in [0.1, 0.15) is 59.8 Å². The van der Waals surface area contributed by atoms with Crippen molar-refractivity contribution >= 4 is 53.3 Å². The van der Waals surface area contributed by atoms with Crippen LogP contribution in [-0.4, -0.2) is 441 Å². The lowest BCUT2D eigenvalue weighted by Gasteiger charge is -2.50. The fourth-order valence-corrected chi connectivity index (χ4v) is 15.9. The van der Waals surface area contributed by atoms with Gasteiger partial charge >= 0.3 is 12.0 Å². The quantitative estimate of drug-likeness (QED) is 0.0226. The zero-order valence-electron chi connectivity index (χ0n) is 61.2. The first kappa shape index (κ1) is 92.7. The van der Waals surface area contributed by atoms with Gasteiger partial charge in [0.2, 0.25) is 29.5 Å². The van der Waals surface area contributed by atoms with Crippen LogP contribution in [0.3, 0.4) is 0 Å². The Morgan fingerprint density at radius 3 is 1.34 bits per heavy atom. The molecule has 0 saturated carbocycles. The highest BCUT2D eigenvalue weighted by molar-refractivity contribution is 8.00. The fourth-order valence-electron chi connectivity index (χ4n) is 14.4. The molecule has 0 spiro atoms. The predicted molar refractivity (Wildman–Crippen MR) is 362 cm³/mol. The topological polar surface area (TPSA) is 728 Å². The first-order valence-electron chi connectivity index (χ1n) is 36.2. The molecule has 0 aliphatic carbocycles. The van der Waals surface area contributed by atoms with Crippen LogP contribution in [0.5, 0.6) is 0 Å². The lowest BCUT2D eigenvalue weighted by atomic mass is 9.92. The zero-order valence-corrected chi connectivity index (χ0v) is 62.0. The third-order valence-corrected chi connectivity index (χ3v) is 21.9. The monoisotopic (exact) mass is 1650 g/mol. The summed E-state index contributed by atoms with van der Waals surface area (Å²) in [5.74, 6) is -3.41. The molecule has 9 heterocycles. The average Bonchev–Trinajstić information content (AvgIpc) is 1.17. The van der Waals surface area contributed by atoms with Crippen LogP contribution in [0, 0.1) is 0 Å². The minimum Gasteiger partial charge on any atom is -0.480 e. The van der Waals surface area contributed by atoms with Crippen LogP contribution in [-0.2, 0) is 90.3 Å². The molecule has 48 heteroatoms. The number of urea groups is 1. The summed E-state index contributed by atoms with van der Waals surface area (Å²) in [5.41, 5.74) is 0. The van der Waals surface area contributed by atoms with Gasteiger partial charge in [0.1, 0.15) is 171 Å². The van der Waals surface area contributed by atoms with Crippen molar-refractivity contribution < 1.29 is 197 Å². The van der Waals surface area contributed by atoms with E-state index in [9.17, 15) is 131 Å². The summed E-state index contributed by atoms with van der Waals surface area (Å²) >= 11 is 1.82. The fraction of sp³-hybridized carbons (Fsp3) is 0.891. The Balaban J connectivity index is 0.000000531. The van der Waals surface area contributed by atoms with Gasteiger partial charge in [-0.1, -0.05) is 6.42 Å². The number of carbonyl (C=O) groups excluding carboxylic acids is 6. The van der Waals surface area contributed by atoms with E-state index in [-0.39, 0.29) is 36.9 Å². The largest absolute Gasteiger partial charge is 0.480 e. The van der Waals surface area contributed by atoms with Crippen molar-refractivity contribution in [1.29, 1.82) is 0 Å². The molecule has 9 rings (SSSR count). The van der Waals surface area contributed by atoms with Gasteiger partial charge in [-0.05, 0) is 19.8 Å². The molecule has 19 unspecified atom stereocenters. The molecule has 9 aliphatic rings. The molecule has 644 valence electrons. The molecule has 0 aromatic heterocycles. The minimum absolute atomic E-state index is 0.115. The van der Waals surface area contributed by atoms with Crippen molar-refractivity contribution in [2.45, 2.75) is 298 Å². The van der Waals surface area contributed by atoms with Gasteiger partial charge in [-0.3, -0.25) is 24.0 Å². The number of aliphatic hydroxyl groups is 19. The highest BCUT2D eigenvalue weighted by Gasteiger charge is 2.59. The maximum Gasteiger partial charge on any atom is 0.326 e. The summed E-state index contributed by atoms with van der Waals surface area (Å²) in [6.07, 6.45) is -58.3. The van der Waals surface area contributed by atoms with E-state index in [4.69, 9.17) is 66.7 Å². The standard InChI is InChI=1S/C49H83N3O35.C15H24N4O5S/c1-12-23(50-13(2)59)30(66)39(19(8-56)76-12)83-44-24(51-14(3)60)31(67)41(21(10-58)80-44)85-48-38(74)42(86-47-37(73)34(70)27(63)17(6-54)78-47)29(65)22(82-48)11-75-49-43(35(71)28(64)18(7-55)79-49)87-45-25(52-15(4)61)32(68)40(20(9-57)81-45)84-46-36(72)33(69)26(62)16(5-53)77-46;1-16-12(21)6-8(14(22)23)17-11(20)5-3-2-4-10-13-9(7-25-10)18-15(24)19-13/h12,16-49,53-58,62-74H,5-11H2,1-4H3,(H,50,59)(H,51,60)(H,52,61);8-10,13H,2-7H2,1H3,(H,16,21)(H,17,20)(H,22,23)(H2,18,19,24)/t12-,16?,17?,18?,19?,20-,21?,22?,23?,24?,25?,26-,27+,28+,29+,30+,31+,32?,33-,34?,35-,36?,37?,38?,39+,40+,41+,42-,43?,44-,45-,46-,47+,48-,49-;/m0./s1. The molecule has 0 aromatic carbocycles. The number of carboxylic acids is 1. The number of ether oxygens (including phenoxy) is 13. The van der Waals surface area contributed by atoms with Crippen molar-refractivity contribution in [2.24, 2.45) is 0 Å². The number of amides is 7. The summed E-state index contributed by atoms with van der Waals surface area (Å²) in [6.45, 7) is -2.10. The first-order valence-corrected chi connectivity index (χ1v) is 37.3. The number of fused-ring (bicyclic) bond motifs is 1. The lowest BCUT2D eigenvalue weighted by Crippen LogP contribution is -2.70. The molecular weight excluding hydrogens is 1540 g/mol. The number of carbonyl (C=O) groups is 7. The second kappa shape index (κ2) is 42.0. The van der Waals surface area contributed by atoms with E-state index in [2.05, 4.69) is 37.2 Å². The highest BCUT2D eigenvalue weighted by atomic mass is 32.2. The number of hydrogen-bond acceptors (Lipinski definition) is 40. The van der Waals surface area contributed by atoms with E-state index in [1.165, 1.54) is 14.0 Å². The van der Waals surface area contributed by atoms with Crippen molar-refractivity contribution in [3.8, 4) is 0 Å². The molecular formula is C64H107N7O40S. The number of aliphatic hydroxyl groups excluding tert-OH is 19. The van der Waals surface area contributed by atoms with Gasteiger partial charge in [0.25, 0.3) is 0 Å². The van der Waals surface area contributed by atoms with Crippen molar-refractivity contribution in [2.75, 3.05) is 59.0 Å². The molecule has 27 N–H and O–H groups in total. The van der Waals surface area contributed by atoms with Crippen molar-refractivity contribution in [3.05, 3.63) is 0 Å². The second-order valence-electron chi connectivity index (χ2n) is 28.3. The van der Waals surface area contributed by atoms with Crippen molar-refractivity contribution in [3.63, 3.8) is 0 Å². The van der Waals surface area contributed by atoms with Crippen LogP contribution in [0.2, 0.25) is 0 Å². The number of rotatable bonds is 31. The van der Waals surface area contributed by atoms with Crippen LogP contribution in [0.15, 0.2) is 0 Å². The Kier molecular flexibility index (Phi) is 34.8. The van der Waals surface area contributed by atoms with Gasteiger partial charge in [0.15, 0.2) is 37.7 Å². The number of nitrogens with one attached hydrogen (secondary N) is 7. The van der Waals surface area contributed by atoms with E-state index in [0.29, 0.717) is 11.7 Å². The maximum absolute atomic E-state index is 12.7. The third-order valence-electron chi connectivity index (χ3n) is 20.4. The van der Waals surface area contributed by atoms with Crippen LogP contribution >= 0.6 is 11.8 Å². The second-order valence-corrected chi connectivity index (χ2v) is 29.6. The van der Waals surface area contributed by atoms with Crippen LogP contribution in [0.4, 0.5) is 4.79 Å². The number of aliphatic carboxylic acids is 1. The number of carboxylic acid groups (broad SMARTS) is 1. The van der Waals surface area contributed by atoms with E-state index in [1.54, 1.807) is 0 Å². The molecule has 7 amide bonds. The summed E-state index contributed by atoms with van der Waals surface area (Å²) in [4.78, 5) is 83.0. The van der Waals surface area contributed by atoms with Gasteiger partial charge in [-0.15, -0.1) is 0 Å². The molecule has 9 saturated heterocycles. The number of unbranched alkanes of at least 4 members (excludes halogenated alkanes) is 1. The van der Waals surface area contributed by atoms with Gasteiger partial charge in [-0.25, -0.2) is 9.59 Å². The Labute approximate surface area is 642 Å². The molecule has 39 atom stereocenters. The van der Waals surface area contributed by atoms with Crippen LogP contribution < -0.4 is 37.2 Å². The van der Waals surface area contributed by atoms with E-state index in [1.807, 2.05) is 11.8 Å². The SMILES string of the molecule is CC(=O)NC1C(O)[C@H](O[C@@H]2OC(CO)[C@H](O)[C@H](O)C2O)[C@H](CO)O[C@H]1OC1[C@@H](OCC2O[C@@H](O[C@@H]3C(CO)O[C@@H](O[C@@H]4C(CO)O[C@@H](C)C(NC(C)=O)[C@H]4O)C(NC(C)=O)[C@H]3O)C(O)[C@@H](O[C@H]3OC(CO)[C@@H](O)C(O)C3O)[C@@H]2O)OC(CO)[C@@H](O)[C@@H]1O.CNC(=O)CC(NC(=O)CCCCC1SCC2NC(=O)NC21)C(=O)O. The predicted octanol–water partition coefficient (Wildman–Crippen LogP) is -15.4. The average molecular weight is 1650 g/mol. The molecule has 47 nitrogen and oxygen atoms in total. The number of thioether (sulfide) groups is 1. The van der Waals surface area contributed by atoms with Gasteiger partial charge in [-0.2, -0.15) is 11.8 Å². The third kappa shape index (κ3) is 22.3. The Morgan fingerprint density at radius 2 is 0.866 bits per heavy atom. The van der Waals surface area contributed by atoms with Gasteiger partial charge < -0.3 is 201 Å². The Morgan fingerprint density at radius 1 is 0.455 bits per heavy atom. The highest BCUT2D eigenvalue weighted by Crippen LogP contribution is 2.39. The molecule has 0 radical (unpaired) electrons. The van der Waals surface area contributed by atoms with E-state index in [0.717, 1.165) is 39.4 Å². The molecule has 9 aliphatic heterocycles. The smallest absolute Gasteiger partial charge is 0.326 e. The maximum atomic E-state index is 12.7. The molecule has 0 bridgehead atoms. The molecule has 0 aromatic rings. The molecule has 9 fully saturated rings. The van der Waals surface area contributed by atoms with Crippen LogP contribution in [0.25, 0.3) is 0 Å². The normalized spacial score (nSPS) is 43.7. The van der Waals surface area contributed by atoms with Crippen molar-refractivity contribution in [1.82, 2.24) is 37.2 Å². The van der Waals surface area contributed by atoms with E-state index < -0.39 is 296 Å². The summed E-state index contributed by atoms with van der Waals surface area (Å²) in [6, 6.07) is -5.65. The summed E-state index contributed by atoms with van der Waals surface area (Å²) in [7, 11) is 1.41. The lowest BCUT2D eigenvalue weighted by molar-refractivity contribution is -0.388.